The first-order valence-electron chi connectivity index (χ1n) is 16.6. The van der Waals surface area contributed by atoms with Crippen LogP contribution in [0.1, 0.15) is 67.6 Å². The van der Waals surface area contributed by atoms with Gasteiger partial charge in [0.05, 0.1) is 18.5 Å². The molecule has 3 N–H and O–H groups in total. The number of para-hydroxylation sites is 1. The van der Waals surface area contributed by atoms with Gasteiger partial charge in [-0.1, -0.05) is 89.8 Å². The summed E-state index contributed by atoms with van der Waals surface area (Å²) in [5.74, 6) is 1.21. The zero-order valence-electron chi connectivity index (χ0n) is 25.5. The Hall–Kier alpha value is -3.16. The summed E-state index contributed by atoms with van der Waals surface area (Å²) in [5, 5.41) is 5.43. The third kappa shape index (κ3) is 5.69. The average molecular weight is 657 g/mol. The molecule has 3 amide bonds. The number of quaternary nitrogens is 1. The van der Waals surface area contributed by atoms with Gasteiger partial charge in [0.25, 0.3) is 0 Å². The number of nitrogens with two attached hydrogens (primary N) is 1. The van der Waals surface area contributed by atoms with E-state index in [2.05, 4.69) is 80.0 Å². The van der Waals surface area contributed by atoms with E-state index in [-0.39, 0.29) is 18.0 Å². The smallest absolute Gasteiger partial charge is 0.322 e. The summed E-state index contributed by atoms with van der Waals surface area (Å²) in [6.45, 7) is 3.46. The fourth-order valence-corrected chi connectivity index (χ4v) is 9.29. The minimum absolute atomic E-state index is 0.108. The van der Waals surface area contributed by atoms with Gasteiger partial charge in [-0.05, 0) is 78.5 Å². The molecule has 3 aromatic rings. The molecule has 0 radical (unpaired) electrons. The Bertz CT molecular complexity index is 1480. The molecule has 1 spiro atoms. The van der Waals surface area contributed by atoms with Crippen LogP contribution in [-0.4, -0.2) is 54.0 Å². The highest BCUT2D eigenvalue weighted by Crippen LogP contribution is 2.45. The molecule has 3 aliphatic heterocycles. The molecule has 4 aliphatic rings. The third-order valence-electron chi connectivity index (χ3n) is 11.0. The van der Waals surface area contributed by atoms with Gasteiger partial charge in [-0.2, -0.15) is 0 Å². The Morgan fingerprint density at radius 3 is 2.43 bits per heavy atom. The number of hydrogen-bond acceptors (Lipinski definition) is 2. The van der Waals surface area contributed by atoms with E-state index >= 15 is 0 Å². The van der Waals surface area contributed by atoms with Gasteiger partial charge >= 0.3 is 6.03 Å². The van der Waals surface area contributed by atoms with Crippen molar-refractivity contribution in [3.8, 4) is 0 Å². The van der Waals surface area contributed by atoms with E-state index in [4.69, 9.17) is 0 Å². The third-order valence-corrected chi connectivity index (χ3v) is 11.5. The van der Waals surface area contributed by atoms with Crippen LogP contribution < -0.4 is 10.6 Å². The SMILES string of the molecule is O=C(Nc1ccccc1)N1Cc2cc(Br)ccc2[C@@]2(C[NH2+]C[C@H]2C(=O)N2CC[C@@H](c3ccccc3)C[C@H]2C2CCCCC2)C1. The van der Waals surface area contributed by atoms with E-state index in [1.165, 1.54) is 43.2 Å². The van der Waals surface area contributed by atoms with E-state index in [1.54, 1.807) is 0 Å². The van der Waals surface area contributed by atoms with Crippen LogP contribution in [0.3, 0.4) is 0 Å². The van der Waals surface area contributed by atoms with Crippen LogP contribution in [-0.2, 0) is 16.8 Å². The first kappa shape index (κ1) is 29.5. The van der Waals surface area contributed by atoms with E-state index in [9.17, 15) is 9.59 Å². The summed E-state index contributed by atoms with van der Waals surface area (Å²) in [6.07, 6.45) is 8.37. The predicted octanol–water partition coefficient (Wildman–Crippen LogP) is 6.28. The molecule has 1 saturated carbocycles. The number of rotatable bonds is 4. The molecule has 44 heavy (non-hydrogen) atoms. The summed E-state index contributed by atoms with van der Waals surface area (Å²) in [6, 6.07) is 27.2. The lowest BCUT2D eigenvalue weighted by molar-refractivity contribution is -0.640. The van der Waals surface area contributed by atoms with Gasteiger partial charge in [0.2, 0.25) is 5.91 Å². The van der Waals surface area contributed by atoms with Crippen LogP contribution in [0.15, 0.2) is 83.3 Å². The number of nitrogens with one attached hydrogen (secondary N) is 1. The van der Waals surface area contributed by atoms with Crippen molar-refractivity contribution in [2.24, 2.45) is 11.8 Å². The molecule has 0 bridgehead atoms. The summed E-state index contributed by atoms with van der Waals surface area (Å²) < 4.78 is 1.00. The quantitative estimate of drug-likeness (QED) is 0.347. The van der Waals surface area contributed by atoms with Crippen LogP contribution in [0.2, 0.25) is 0 Å². The van der Waals surface area contributed by atoms with Gasteiger partial charge in [-0.3, -0.25) is 4.79 Å². The maximum absolute atomic E-state index is 15.0. The van der Waals surface area contributed by atoms with Gasteiger partial charge in [-0.25, -0.2) is 4.79 Å². The van der Waals surface area contributed by atoms with E-state index in [1.807, 2.05) is 35.2 Å². The van der Waals surface area contributed by atoms with Crippen molar-refractivity contribution in [3.05, 3.63) is 100 Å². The molecule has 0 unspecified atom stereocenters. The highest BCUT2D eigenvalue weighted by atomic mass is 79.9. The minimum Gasteiger partial charge on any atom is -0.345 e. The zero-order valence-corrected chi connectivity index (χ0v) is 27.1. The fraction of sp³-hybridized carbons (Fsp3) is 0.459. The summed E-state index contributed by atoms with van der Waals surface area (Å²) in [7, 11) is 0. The minimum atomic E-state index is -0.424. The average Bonchev–Trinajstić information content (AvgIpc) is 3.48. The zero-order chi connectivity index (χ0) is 30.1. The number of likely N-dealkylation sites (tertiary alicyclic amines) is 1. The molecule has 7 heteroatoms. The van der Waals surface area contributed by atoms with Crippen molar-refractivity contribution in [1.29, 1.82) is 0 Å². The highest BCUT2D eigenvalue weighted by Gasteiger charge is 2.57. The number of hydrogen-bond donors (Lipinski definition) is 2. The van der Waals surface area contributed by atoms with E-state index in [0.29, 0.717) is 30.8 Å². The molecule has 0 aromatic heterocycles. The Kier molecular flexibility index (Phi) is 8.52. The van der Waals surface area contributed by atoms with Crippen LogP contribution in [0.25, 0.3) is 0 Å². The molecule has 3 fully saturated rings. The van der Waals surface area contributed by atoms with Crippen LogP contribution >= 0.6 is 15.9 Å². The van der Waals surface area contributed by atoms with Crippen LogP contribution in [0.4, 0.5) is 10.5 Å². The molecule has 3 heterocycles. The molecule has 6 nitrogen and oxygen atoms in total. The van der Waals surface area contributed by atoms with Gasteiger partial charge in [0.15, 0.2) is 0 Å². The number of fused-ring (bicyclic) bond motifs is 2. The van der Waals surface area contributed by atoms with Crippen LogP contribution in [0.5, 0.6) is 0 Å². The number of piperidine rings is 1. The summed E-state index contributed by atoms with van der Waals surface area (Å²) in [5.41, 5.74) is 4.15. The van der Waals surface area contributed by atoms with Gasteiger partial charge < -0.3 is 20.4 Å². The number of urea groups is 1. The Morgan fingerprint density at radius 2 is 1.66 bits per heavy atom. The molecule has 4 atom stereocenters. The maximum Gasteiger partial charge on any atom is 0.322 e. The number of halogens is 1. The first-order chi connectivity index (χ1) is 21.5. The van der Waals surface area contributed by atoms with Crippen molar-refractivity contribution in [2.45, 2.75) is 68.9 Å². The van der Waals surface area contributed by atoms with Crippen molar-refractivity contribution in [1.82, 2.24) is 9.80 Å². The summed E-state index contributed by atoms with van der Waals surface area (Å²) in [4.78, 5) is 33.0. The largest absolute Gasteiger partial charge is 0.345 e. The molecule has 7 rings (SSSR count). The fourth-order valence-electron chi connectivity index (χ4n) is 8.88. The molecule has 1 aliphatic carbocycles. The number of nitrogens with zero attached hydrogens (tertiary/aromatic N) is 2. The van der Waals surface area contributed by atoms with E-state index in [0.717, 1.165) is 48.2 Å². The first-order valence-corrected chi connectivity index (χ1v) is 17.4. The van der Waals surface area contributed by atoms with Gasteiger partial charge in [0.1, 0.15) is 5.92 Å². The second kappa shape index (κ2) is 12.7. The second-order valence-corrected chi connectivity index (χ2v) is 14.4. The highest BCUT2D eigenvalue weighted by molar-refractivity contribution is 9.10. The topological polar surface area (TPSA) is 69.3 Å². The number of carbonyl (C=O) groups excluding carboxylic acids is 2. The van der Waals surface area contributed by atoms with Crippen molar-refractivity contribution in [2.75, 3.05) is 31.5 Å². The van der Waals surface area contributed by atoms with Gasteiger partial charge in [-0.15, -0.1) is 0 Å². The molecule has 3 aromatic carbocycles. The number of amides is 3. The molecular weight excluding hydrogens is 612 g/mol. The molecule has 2 saturated heterocycles. The summed E-state index contributed by atoms with van der Waals surface area (Å²) >= 11 is 3.68. The normalized spacial score (nSPS) is 27.2. The van der Waals surface area contributed by atoms with Gasteiger partial charge in [0, 0.05) is 35.8 Å². The van der Waals surface area contributed by atoms with E-state index < -0.39 is 5.41 Å². The Balaban J connectivity index is 1.20. The van der Waals surface area contributed by atoms with Crippen molar-refractivity contribution >= 4 is 33.6 Å². The lowest BCUT2D eigenvalue weighted by atomic mass is 9.67. The molecular formula is C37H44BrN4O2+. The lowest BCUT2D eigenvalue weighted by Crippen LogP contribution is -2.83. The number of benzene rings is 3. The monoisotopic (exact) mass is 655 g/mol. The van der Waals surface area contributed by atoms with Crippen molar-refractivity contribution < 1.29 is 14.9 Å². The Morgan fingerprint density at radius 1 is 0.909 bits per heavy atom. The van der Waals surface area contributed by atoms with Crippen LogP contribution in [0, 0.1) is 11.8 Å². The maximum atomic E-state index is 15.0. The Labute approximate surface area is 269 Å². The number of carbonyl (C=O) groups is 2. The molecule has 230 valence electrons. The number of anilines is 1. The predicted molar refractivity (Wildman–Crippen MR) is 177 cm³/mol. The standard InChI is InChI=1S/C37H43BrN4O2/c38-30-16-17-32-29(20-30)23-41(36(44)40-31-14-8-3-9-15-31)25-37(32)24-39-22-33(37)35(43)42-19-18-28(26-10-4-1-5-11-26)21-34(42)27-12-6-2-7-13-27/h1,3-5,8-11,14-17,20,27-28,33-34,39H,2,6-7,12-13,18-19,21-25H2,(H,40,44)/p+1/t28-,33+,34+,37-/m1/s1. The second-order valence-electron chi connectivity index (χ2n) is 13.5. The lowest BCUT2D eigenvalue weighted by Gasteiger charge is -2.48. The van der Waals surface area contributed by atoms with Crippen molar-refractivity contribution in [3.63, 3.8) is 0 Å².